The normalized spacial score (nSPS) is 11.2. The lowest BCUT2D eigenvalue weighted by Crippen LogP contribution is -2.38. The van der Waals surface area contributed by atoms with Crippen molar-refractivity contribution in [2.24, 2.45) is 0 Å². The number of carbonyl (C=O) groups is 1. The summed E-state index contributed by atoms with van der Waals surface area (Å²) in [5.41, 5.74) is 1.49. The zero-order chi connectivity index (χ0) is 22.4. The van der Waals surface area contributed by atoms with Crippen LogP contribution >= 0.6 is 23.1 Å². The molecule has 0 aliphatic rings. The number of hydrogen-bond acceptors (Lipinski definition) is 7. The molecule has 6 nitrogen and oxygen atoms in total. The summed E-state index contributed by atoms with van der Waals surface area (Å²) < 4.78 is 11.8. The van der Waals surface area contributed by atoms with E-state index in [9.17, 15) is 4.79 Å². The van der Waals surface area contributed by atoms with Crippen LogP contribution in [0.25, 0.3) is 10.2 Å². The van der Waals surface area contributed by atoms with Crippen LogP contribution in [0.4, 0.5) is 5.13 Å². The first-order valence-electron chi connectivity index (χ1n) is 10.3. The second-order valence-electron chi connectivity index (χ2n) is 6.86. The number of fused-ring (bicyclic) bond motifs is 1. The van der Waals surface area contributed by atoms with Crippen molar-refractivity contribution in [1.29, 1.82) is 0 Å². The maximum atomic E-state index is 13.6. The molecule has 1 aromatic heterocycles. The third-order valence-corrected chi connectivity index (χ3v) is 7.04. The Hall–Kier alpha value is -2.29. The molecule has 31 heavy (non-hydrogen) atoms. The van der Waals surface area contributed by atoms with Crippen molar-refractivity contribution in [1.82, 2.24) is 9.88 Å². The summed E-state index contributed by atoms with van der Waals surface area (Å²) in [6.45, 7) is 7.47. The smallest absolute Gasteiger partial charge is 0.260 e. The van der Waals surface area contributed by atoms with E-state index in [0.717, 1.165) is 34.7 Å². The number of methoxy groups -OCH3 is 2. The van der Waals surface area contributed by atoms with Crippen LogP contribution in [0, 0.1) is 0 Å². The molecular weight excluding hydrogens is 430 g/mol. The summed E-state index contributed by atoms with van der Waals surface area (Å²) in [4.78, 5) is 23.7. The Labute approximate surface area is 192 Å². The summed E-state index contributed by atoms with van der Waals surface area (Å²) in [6.07, 6.45) is 2.04. The van der Waals surface area contributed by atoms with Gasteiger partial charge in [0.05, 0.1) is 24.4 Å². The van der Waals surface area contributed by atoms with Crippen LogP contribution in [-0.2, 0) is 0 Å². The SMILES string of the molecule is CCN(CC)CCN(C(=O)c1ccc(OC)c(OC)c1)c1nc2c(SC)cccc2s1. The number of para-hydroxylation sites is 1. The van der Waals surface area contributed by atoms with Gasteiger partial charge >= 0.3 is 0 Å². The number of hydrogen-bond donors (Lipinski definition) is 0. The zero-order valence-corrected chi connectivity index (χ0v) is 20.3. The van der Waals surface area contributed by atoms with Gasteiger partial charge in [-0.25, -0.2) is 4.98 Å². The quantitative estimate of drug-likeness (QED) is 0.397. The fraction of sp³-hybridized carbons (Fsp3) is 0.391. The lowest BCUT2D eigenvalue weighted by molar-refractivity contribution is 0.0983. The topological polar surface area (TPSA) is 54.9 Å². The van der Waals surface area contributed by atoms with E-state index in [4.69, 9.17) is 14.5 Å². The summed E-state index contributed by atoms with van der Waals surface area (Å²) in [7, 11) is 3.15. The van der Waals surface area contributed by atoms with E-state index in [0.29, 0.717) is 28.7 Å². The molecule has 0 unspecified atom stereocenters. The largest absolute Gasteiger partial charge is 0.493 e. The first-order chi connectivity index (χ1) is 15.1. The van der Waals surface area contributed by atoms with E-state index in [1.807, 2.05) is 12.3 Å². The molecule has 3 aromatic rings. The maximum Gasteiger partial charge on any atom is 0.260 e. The summed E-state index contributed by atoms with van der Waals surface area (Å²) >= 11 is 3.21. The third-order valence-electron chi connectivity index (χ3n) is 5.23. The van der Waals surface area contributed by atoms with Gasteiger partial charge in [0, 0.05) is 23.5 Å². The number of thiazole rings is 1. The maximum absolute atomic E-state index is 13.6. The highest BCUT2D eigenvalue weighted by molar-refractivity contribution is 7.98. The second-order valence-corrected chi connectivity index (χ2v) is 8.71. The molecule has 0 aliphatic heterocycles. The van der Waals surface area contributed by atoms with Crippen LogP contribution in [0.3, 0.4) is 0 Å². The number of benzene rings is 2. The van der Waals surface area contributed by atoms with Gasteiger partial charge in [-0.15, -0.1) is 11.8 Å². The Kier molecular flexibility index (Phi) is 8.17. The number of likely N-dealkylation sites (N-methyl/N-ethyl adjacent to an activating group) is 1. The van der Waals surface area contributed by atoms with Crippen LogP contribution in [0.1, 0.15) is 24.2 Å². The Morgan fingerprint density at radius 1 is 1.06 bits per heavy atom. The molecule has 0 radical (unpaired) electrons. The Morgan fingerprint density at radius 2 is 1.81 bits per heavy atom. The molecule has 2 aromatic carbocycles. The first-order valence-corrected chi connectivity index (χ1v) is 12.3. The average Bonchev–Trinajstić information content (AvgIpc) is 3.25. The number of amides is 1. The van der Waals surface area contributed by atoms with Gasteiger partial charge in [0.2, 0.25) is 0 Å². The molecule has 0 aliphatic carbocycles. The van der Waals surface area contributed by atoms with E-state index >= 15 is 0 Å². The molecule has 3 rings (SSSR count). The molecule has 8 heteroatoms. The molecule has 0 bridgehead atoms. The third kappa shape index (κ3) is 5.14. The number of aromatic nitrogens is 1. The van der Waals surface area contributed by atoms with Crippen molar-refractivity contribution in [3.63, 3.8) is 0 Å². The van der Waals surface area contributed by atoms with Crippen molar-refractivity contribution in [2.45, 2.75) is 18.7 Å². The first kappa shape index (κ1) is 23.4. The Bertz CT molecular complexity index is 1030. The van der Waals surface area contributed by atoms with Crippen molar-refractivity contribution in [3.8, 4) is 11.5 Å². The van der Waals surface area contributed by atoms with Crippen LogP contribution < -0.4 is 14.4 Å². The number of ether oxygens (including phenoxy) is 2. The monoisotopic (exact) mass is 459 g/mol. The van der Waals surface area contributed by atoms with Gasteiger partial charge in [-0.05, 0) is 49.7 Å². The van der Waals surface area contributed by atoms with Crippen LogP contribution in [-0.4, -0.2) is 62.4 Å². The van der Waals surface area contributed by atoms with E-state index in [1.165, 1.54) is 0 Å². The standard InChI is InChI=1S/C23H29N3O3S2/c1-6-25(7-2)13-14-26(22(27)16-11-12-17(28-3)18(15-16)29-4)23-24-21-19(30-5)9-8-10-20(21)31-23/h8-12,15H,6-7,13-14H2,1-5H3. The highest BCUT2D eigenvalue weighted by Crippen LogP contribution is 2.35. The van der Waals surface area contributed by atoms with E-state index in [1.54, 1.807) is 60.4 Å². The molecule has 1 amide bonds. The zero-order valence-electron chi connectivity index (χ0n) is 18.7. The summed E-state index contributed by atoms with van der Waals surface area (Å²) in [6, 6.07) is 11.4. The molecular formula is C23H29N3O3S2. The van der Waals surface area contributed by atoms with Gasteiger partial charge in [0.25, 0.3) is 5.91 Å². The van der Waals surface area contributed by atoms with Crippen molar-refractivity contribution in [3.05, 3.63) is 42.0 Å². The van der Waals surface area contributed by atoms with Gasteiger partial charge in [-0.3, -0.25) is 9.69 Å². The number of carbonyl (C=O) groups excluding carboxylic acids is 1. The molecule has 0 saturated carbocycles. The van der Waals surface area contributed by atoms with Crippen LogP contribution in [0.15, 0.2) is 41.3 Å². The summed E-state index contributed by atoms with van der Waals surface area (Å²) in [5.74, 6) is 1.03. The van der Waals surface area contributed by atoms with Crippen LogP contribution in [0.2, 0.25) is 0 Å². The lowest BCUT2D eigenvalue weighted by Gasteiger charge is -2.25. The van der Waals surface area contributed by atoms with Gasteiger partial charge in [0.15, 0.2) is 16.6 Å². The predicted molar refractivity (Wildman–Crippen MR) is 130 cm³/mol. The van der Waals surface area contributed by atoms with Crippen molar-refractivity contribution in [2.75, 3.05) is 51.6 Å². The average molecular weight is 460 g/mol. The van der Waals surface area contributed by atoms with Gasteiger partial charge in [-0.1, -0.05) is 31.3 Å². The lowest BCUT2D eigenvalue weighted by atomic mass is 10.1. The van der Waals surface area contributed by atoms with E-state index in [2.05, 4.69) is 30.9 Å². The van der Waals surface area contributed by atoms with E-state index in [-0.39, 0.29) is 5.91 Å². The molecule has 0 spiro atoms. The van der Waals surface area contributed by atoms with Crippen molar-refractivity contribution >= 4 is 44.4 Å². The predicted octanol–water partition coefficient (Wildman–Crippen LogP) is 5.02. The molecule has 0 N–H and O–H groups in total. The molecule has 0 atom stereocenters. The molecule has 0 saturated heterocycles. The Morgan fingerprint density at radius 3 is 2.45 bits per heavy atom. The minimum Gasteiger partial charge on any atom is -0.493 e. The van der Waals surface area contributed by atoms with Crippen molar-refractivity contribution < 1.29 is 14.3 Å². The van der Waals surface area contributed by atoms with Crippen LogP contribution in [0.5, 0.6) is 11.5 Å². The molecule has 0 fully saturated rings. The fourth-order valence-corrected chi connectivity index (χ4v) is 5.03. The number of thioether (sulfide) groups is 1. The van der Waals surface area contributed by atoms with Gasteiger partial charge in [0.1, 0.15) is 0 Å². The number of anilines is 1. The molecule has 1 heterocycles. The second kappa shape index (κ2) is 10.8. The van der Waals surface area contributed by atoms with Gasteiger partial charge < -0.3 is 14.4 Å². The minimum absolute atomic E-state index is 0.0992. The Balaban J connectivity index is 2.01. The fourth-order valence-electron chi connectivity index (χ4n) is 3.38. The molecule has 166 valence electrons. The number of rotatable bonds is 10. The number of nitrogens with zero attached hydrogens (tertiary/aromatic N) is 3. The summed E-state index contributed by atoms with van der Waals surface area (Å²) in [5, 5.41) is 0.712. The highest BCUT2D eigenvalue weighted by atomic mass is 32.2. The minimum atomic E-state index is -0.0992. The van der Waals surface area contributed by atoms with E-state index < -0.39 is 0 Å². The highest BCUT2D eigenvalue weighted by Gasteiger charge is 2.23. The van der Waals surface area contributed by atoms with Gasteiger partial charge in [-0.2, -0.15) is 0 Å².